The third-order valence-corrected chi connectivity index (χ3v) is 6.35. The van der Waals surface area contributed by atoms with Crippen molar-refractivity contribution in [1.82, 2.24) is 14.9 Å². The zero-order valence-electron chi connectivity index (χ0n) is 19.3. The van der Waals surface area contributed by atoms with Gasteiger partial charge >= 0.3 is 5.97 Å². The second kappa shape index (κ2) is 9.63. The number of rotatable bonds is 6. The Morgan fingerprint density at radius 3 is 2.33 bits per heavy atom. The summed E-state index contributed by atoms with van der Waals surface area (Å²) in [6, 6.07) is 23.5. The monoisotopic (exact) mass is 497 g/mol. The lowest BCUT2D eigenvalue weighted by Crippen LogP contribution is -2.30. The summed E-state index contributed by atoms with van der Waals surface area (Å²) in [4.78, 5) is 29.4. The Hall–Kier alpha value is -4.50. The van der Waals surface area contributed by atoms with Gasteiger partial charge in [0, 0.05) is 42.1 Å². The number of carbonyl (C=O) groups excluding carboxylic acids is 1. The predicted octanol–water partition coefficient (Wildman–Crippen LogP) is 4.71. The minimum Gasteiger partial charge on any atom is -0.478 e. The maximum Gasteiger partial charge on any atom is 0.335 e. The summed E-state index contributed by atoms with van der Waals surface area (Å²) in [5.74, 6) is -1.11. The molecule has 3 heterocycles. The van der Waals surface area contributed by atoms with E-state index in [4.69, 9.17) is 12.2 Å². The minimum absolute atomic E-state index is 0.138. The van der Waals surface area contributed by atoms with Crippen molar-refractivity contribution in [3.8, 4) is 5.69 Å². The molecule has 1 fully saturated rings. The van der Waals surface area contributed by atoms with E-state index >= 15 is 0 Å². The van der Waals surface area contributed by atoms with E-state index in [9.17, 15) is 14.7 Å². The topological polar surface area (TPSA) is 99.5 Å². The number of pyridine rings is 1. The van der Waals surface area contributed by atoms with E-state index in [1.165, 1.54) is 6.92 Å². The molecule has 1 saturated heterocycles. The van der Waals surface area contributed by atoms with E-state index in [-0.39, 0.29) is 23.6 Å². The number of aromatic carboxylic acids is 1. The first-order valence-corrected chi connectivity index (χ1v) is 11.7. The largest absolute Gasteiger partial charge is 0.478 e. The zero-order chi connectivity index (χ0) is 25.2. The maximum absolute atomic E-state index is 11.4. The van der Waals surface area contributed by atoms with Crippen LogP contribution < -0.4 is 15.5 Å². The van der Waals surface area contributed by atoms with Gasteiger partial charge in [0.25, 0.3) is 0 Å². The number of carboxylic acids is 1. The molecule has 0 spiro atoms. The first kappa shape index (κ1) is 23.3. The van der Waals surface area contributed by atoms with Crippen LogP contribution in [0.25, 0.3) is 5.69 Å². The van der Waals surface area contributed by atoms with E-state index < -0.39 is 5.97 Å². The highest BCUT2D eigenvalue weighted by atomic mass is 32.1. The normalized spacial score (nSPS) is 17.0. The van der Waals surface area contributed by atoms with Gasteiger partial charge in [-0.05, 0) is 85.0 Å². The number of hydrogen-bond donors (Lipinski definition) is 3. The van der Waals surface area contributed by atoms with Gasteiger partial charge in [0.05, 0.1) is 17.3 Å². The highest BCUT2D eigenvalue weighted by Gasteiger charge is 2.42. The van der Waals surface area contributed by atoms with Gasteiger partial charge in [-0.25, -0.2) is 4.79 Å². The Kier molecular flexibility index (Phi) is 6.22. The molecule has 1 amide bonds. The van der Waals surface area contributed by atoms with Crippen LogP contribution in [0.2, 0.25) is 0 Å². The molecular formula is C27H23N5O3S. The molecule has 3 N–H and O–H groups in total. The number of aromatic nitrogens is 2. The third kappa shape index (κ3) is 4.44. The van der Waals surface area contributed by atoms with Crippen molar-refractivity contribution in [3.05, 3.63) is 108 Å². The number of nitrogens with one attached hydrogen (secondary N) is 2. The average Bonchev–Trinajstić information content (AvgIpc) is 3.49. The first-order valence-electron chi connectivity index (χ1n) is 11.3. The van der Waals surface area contributed by atoms with Crippen molar-refractivity contribution in [2.24, 2.45) is 0 Å². The van der Waals surface area contributed by atoms with Crippen LogP contribution in [0.5, 0.6) is 0 Å². The molecule has 4 aromatic rings. The van der Waals surface area contributed by atoms with Gasteiger partial charge in [-0.3, -0.25) is 9.78 Å². The van der Waals surface area contributed by atoms with Gasteiger partial charge in [-0.2, -0.15) is 0 Å². The summed E-state index contributed by atoms with van der Waals surface area (Å²) in [7, 11) is 0. The molecule has 2 atom stereocenters. The van der Waals surface area contributed by atoms with Crippen LogP contribution in [0.15, 0.2) is 91.3 Å². The highest BCUT2D eigenvalue weighted by Crippen LogP contribution is 2.42. The molecule has 180 valence electrons. The summed E-state index contributed by atoms with van der Waals surface area (Å²) in [6.07, 6.45) is 3.70. The number of carbonyl (C=O) groups is 2. The number of thiocarbonyl (C=S) groups is 1. The molecule has 0 radical (unpaired) electrons. The molecule has 1 aliphatic rings. The van der Waals surface area contributed by atoms with Crippen LogP contribution in [0.3, 0.4) is 0 Å². The second-order valence-electron chi connectivity index (χ2n) is 8.38. The molecule has 8 nitrogen and oxygen atoms in total. The molecular weight excluding hydrogens is 474 g/mol. The number of anilines is 2. The van der Waals surface area contributed by atoms with Crippen molar-refractivity contribution in [3.63, 3.8) is 0 Å². The third-order valence-electron chi connectivity index (χ3n) is 6.04. The molecule has 0 aliphatic carbocycles. The van der Waals surface area contributed by atoms with E-state index in [1.54, 1.807) is 30.5 Å². The van der Waals surface area contributed by atoms with Gasteiger partial charge in [0.1, 0.15) is 6.04 Å². The van der Waals surface area contributed by atoms with Crippen LogP contribution in [0.1, 0.15) is 40.8 Å². The molecule has 5 rings (SSSR count). The van der Waals surface area contributed by atoms with Gasteiger partial charge < -0.3 is 25.2 Å². The summed E-state index contributed by atoms with van der Waals surface area (Å²) in [5.41, 5.74) is 4.41. The van der Waals surface area contributed by atoms with Crippen molar-refractivity contribution in [2.75, 3.05) is 10.2 Å². The van der Waals surface area contributed by atoms with Crippen LogP contribution in [0, 0.1) is 0 Å². The Labute approximate surface area is 213 Å². The zero-order valence-corrected chi connectivity index (χ0v) is 20.1. The maximum atomic E-state index is 11.4. The average molecular weight is 498 g/mol. The summed E-state index contributed by atoms with van der Waals surface area (Å²) in [5, 5.41) is 16.1. The van der Waals surface area contributed by atoms with E-state index in [0.29, 0.717) is 10.8 Å². The van der Waals surface area contributed by atoms with Gasteiger partial charge in [0.2, 0.25) is 5.91 Å². The van der Waals surface area contributed by atoms with Gasteiger partial charge in [0.15, 0.2) is 5.11 Å². The lowest BCUT2D eigenvalue weighted by atomic mass is 10.0. The highest BCUT2D eigenvalue weighted by molar-refractivity contribution is 7.80. The fraction of sp³-hybridized carbons (Fsp3) is 0.111. The van der Waals surface area contributed by atoms with E-state index in [2.05, 4.69) is 15.6 Å². The summed E-state index contributed by atoms with van der Waals surface area (Å²) in [6.45, 7) is 1.47. The first-order chi connectivity index (χ1) is 17.4. The lowest BCUT2D eigenvalue weighted by molar-refractivity contribution is -0.114. The predicted molar refractivity (Wildman–Crippen MR) is 141 cm³/mol. The summed E-state index contributed by atoms with van der Waals surface area (Å²) < 4.78 is 2.03. The quantitative estimate of drug-likeness (QED) is 0.332. The number of hydrogen-bond acceptors (Lipinski definition) is 4. The molecule has 2 aromatic carbocycles. The Morgan fingerprint density at radius 1 is 0.972 bits per heavy atom. The van der Waals surface area contributed by atoms with Gasteiger partial charge in [-0.15, -0.1) is 0 Å². The molecule has 9 heteroatoms. The van der Waals surface area contributed by atoms with Crippen molar-refractivity contribution in [2.45, 2.75) is 19.0 Å². The molecule has 0 saturated carbocycles. The van der Waals surface area contributed by atoms with Crippen LogP contribution in [-0.4, -0.2) is 31.6 Å². The fourth-order valence-electron chi connectivity index (χ4n) is 4.48. The summed E-state index contributed by atoms with van der Waals surface area (Å²) >= 11 is 5.80. The second-order valence-corrected chi connectivity index (χ2v) is 8.77. The molecule has 0 unspecified atom stereocenters. The Morgan fingerprint density at radius 2 is 1.69 bits per heavy atom. The smallest absolute Gasteiger partial charge is 0.335 e. The van der Waals surface area contributed by atoms with E-state index in [1.807, 2.05) is 70.3 Å². The molecule has 2 aromatic heterocycles. The SMILES string of the molecule is CC(=O)Nc1ccc(N2C(=S)N[C@@H](c3ccccn3)[C@@H]2c2cccn2-c2ccc(C(=O)O)cc2)cc1. The Balaban J connectivity index is 1.59. The molecule has 36 heavy (non-hydrogen) atoms. The van der Waals surface area contributed by atoms with Gasteiger partial charge in [-0.1, -0.05) is 6.07 Å². The number of carboxylic acid groups (broad SMARTS) is 1. The van der Waals surface area contributed by atoms with Crippen molar-refractivity contribution < 1.29 is 14.7 Å². The minimum atomic E-state index is -0.969. The van der Waals surface area contributed by atoms with E-state index in [0.717, 1.165) is 22.8 Å². The Bertz CT molecular complexity index is 1420. The van der Waals surface area contributed by atoms with Crippen molar-refractivity contribution >= 4 is 40.6 Å². The molecule has 0 bridgehead atoms. The van der Waals surface area contributed by atoms with Crippen molar-refractivity contribution in [1.29, 1.82) is 0 Å². The number of benzene rings is 2. The molecule has 1 aliphatic heterocycles. The van der Waals surface area contributed by atoms with Crippen LogP contribution >= 0.6 is 12.2 Å². The standard InChI is InChI=1S/C27H23N5O3S/c1-17(33)29-19-9-13-21(14-10-19)32-25(24(30-27(32)36)22-5-2-3-15-28-22)23-6-4-16-31(23)20-11-7-18(8-12-20)26(34)35/h2-16,24-25H,1H3,(H,29,33)(H,30,36)(H,34,35)/t24-,25-/m0/s1. The fourth-order valence-corrected chi connectivity index (χ4v) is 4.82. The lowest BCUT2D eigenvalue weighted by Gasteiger charge is -2.29. The van der Waals surface area contributed by atoms with Crippen LogP contribution in [0.4, 0.5) is 11.4 Å². The number of amides is 1. The number of nitrogens with zero attached hydrogens (tertiary/aromatic N) is 3. The van der Waals surface area contributed by atoms with Crippen LogP contribution in [-0.2, 0) is 4.79 Å².